The molecule has 3 heterocycles. The number of rotatable bonds is 3. The molecule has 1 unspecified atom stereocenters. The molecule has 0 bridgehead atoms. The van der Waals surface area contributed by atoms with Crippen LogP contribution in [-0.4, -0.2) is 39.7 Å². The molecular weight excluding hydrogens is 278 g/mol. The van der Waals surface area contributed by atoms with Crippen molar-refractivity contribution in [2.45, 2.75) is 31.1 Å². The van der Waals surface area contributed by atoms with Crippen molar-refractivity contribution in [3.63, 3.8) is 0 Å². The van der Waals surface area contributed by atoms with Crippen molar-refractivity contribution in [1.82, 2.24) is 4.57 Å². The van der Waals surface area contributed by atoms with Crippen LogP contribution in [0.25, 0.3) is 10.1 Å². The molecule has 0 spiro atoms. The van der Waals surface area contributed by atoms with Gasteiger partial charge in [-0.25, -0.2) is 0 Å². The summed E-state index contributed by atoms with van der Waals surface area (Å²) in [4.78, 5) is 12.3. The third-order valence-corrected chi connectivity index (χ3v) is 4.82. The van der Waals surface area contributed by atoms with Crippen molar-refractivity contribution in [3.8, 4) is 0 Å². The minimum atomic E-state index is -1.17. The summed E-state index contributed by atoms with van der Waals surface area (Å²) in [6.07, 6.45) is 1.49. The summed E-state index contributed by atoms with van der Waals surface area (Å²) in [6.45, 7) is 0.971. The van der Waals surface area contributed by atoms with Crippen molar-refractivity contribution >= 4 is 21.4 Å². The van der Waals surface area contributed by atoms with Crippen molar-refractivity contribution in [2.24, 2.45) is 0 Å². The molecule has 108 valence electrons. The number of ether oxygens (including phenoxy) is 1. The predicted molar refractivity (Wildman–Crippen MR) is 77.1 cm³/mol. The van der Waals surface area contributed by atoms with Crippen molar-refractivity contribution in [2.75, 3.05) is 13.2 Å². The molecule has 0 amide bonds. The van der Waals surface area contributed by atoms with Crippen LogP contribution >= 0.6 is 11.3 Å². The van der Waals surface area contributed by atoms with Gasteiger partial charge < -0.3 is 19.5 Å². The summed E-state index contributed by atoms with van der Waals surface area (Å²) >= 11 is 1.51. The fraction of sp³-hybridized carbons (Fsp3) is 0.500. The van der Waals surface area contributed by atoms with Gasteiger partial charge >= 0.3 is 0 Å². The molecule has 0 aromatic carbocycles. The third-order valence-electron chi connectivity index (χ3n) is 3.94. The van der Waals surface area contributed by atoms with Gasteiger partial charge in [0, 0.05) is 37.0 Å². The van der Waals surface area contributed by atoms with Gasteiger partial charge in [-0.3, -0.25) is 4.79 Å². The van der Waals surface area contributed by atoms with Gasteiger partial charge in [0.25, 0.3) is 5.56 Å². The number of hydrogen-bond acceptors (Lipinski definition) is 5. The van der Waals surface area contributed by atoms with E-state index in [9.17, 15) is 15.0 Å². The SMILES string of the molecule is O=c1c2ccsc2ccn1CC(O)C1(O)CCOCC1. The molecule has 2 aromatic rings. The monoisotopic (exact) mass is 295 g/mol. The highest BCUT2D eigenvalue weighted by Gasteiger charge is 2.37. The lowest BCUT2D eigenvalue weighted by Crippen LogP contribution is -2.49. The van der Waals surface area contributed by atoms with E-state index in [0.717, 1.165) is 4.70 Å². The Balaban J connectivity index is 1.85. The maximum absolute atomic E-state index is 12.3. The second-order valence-corrected chi connectivity index (χ2v) is 6.15. The molecule has 0 aliphatic carbocycles. The number of aliphatic hydroxyl groups is 2. The summed E-state index contributed by atoms with van der Waals surface area (Å²) in [5.74, 6) is 0. The Morgan fingerprint density at radius 3 is 2.90 bits per heavy atom. The zero-order valence-electron chi connectivity index (χ0n) is 11.0. The Hall–Kier alpha value is -1.21. The van der Waals surface area contributed by atoms with Crippen LogP contribution in [0.4, 0.5) is 0 Å². The van der Waals surface area contributed by atoms with E-state index >= 15 is 0 Å². The summed E-state index contributed by atoms with van der Waals surface area (Å²) in [6, 6.07) is 3.65. The number of hydrogen-bond donors (Lipinski definition) is 2. The summed E-state index contributed by atoms with van der Waals surface area (Å²) in [5, 5.41) is 23.2. The molecule has 3 rings (SSSR count). The van der Waals surface area contributed by atoms with Crippen LogP contribution in [0.1, 0.15) is 12.8 Å². The van der Waals surface area contributed by atoms with Gasteiger partial charge in [0.1, 0.15) is 6.10 Å². The number of thiophene rings is 1. The molecule has 1 aliphatic heterocycles. The molecule has 6 heteroatoms. The van der Waals surface area contributed by atoms with Gasteiger partial charge in [-0.1, -0.05) is 0 Å². The topological polar surface area (TPSA) is 71.7 Å². The molecule has 2 aromatic heterocycles. The summed E-state index contributed by atoms with van der Waals surface area (Å²) in [5.41, 5.74) is -1.29. The predicted octanol–water partition coefficient (Wildman–Crippen LogP) is 0.965. The van der Waals surface area contributed by atoms with Gasteiger partial charge in [-0.05, 0) is 17.5 Å². The first-order valence-corrected chi connectivity index (χ1v) is 7.53. The Morgan fingerprint density at radius 1 is 1.40 bits per heavy atom. The van der Waals surface area contributed by atoms with E-state index in [4.69, 9.17) is 4.74 Å². The van der Waals surface area contributed by atoms with Gasteiger partial charge in [-0.2, -0.15) is 0 Å². The molecule has 0 saturated carbocycles. The Bertz CT molecular complexity index is 656. The molecule has 1 fully saturated rings. The molecular formula is C14H17NO4S. The first kappa shape index (κ1) is 13.8. The lowest BCUT2D eigenvalue weighted by atomic mass is 9.88. The van der Waals surface area contributed by atoms with Crippen molar-refractivity contribution in [1.29, 1.82) is 0 Å². The average molecular weight is 295 g/mol. The highest BCUT2D eigenvalue weighted by atomic mass is 32.1. The van der Waals surface area contributed by atoms with E-state index in [2.05, 4.69) is 0 Å². The smallest absolute Gasteiger partial charge is 0.259 e. The molecule has 20 heavy (non-hydrogen) atoms. The standard InChI is InChI=1S/C14H17NO4S/c16-12(14(18)3-6-19-7-4-14)9-15-5-1-11-10(13(15)17)2-8-20-11/h1-2,5,8,12,16,18H,3-4,6-7,9H2. The number of aliphatic hydroxyl groups excluding tert-OH is 1. The van der Waals surface area contributed by atoms with Crippen LogP contribution in [0.15, 0.2) is 28.5 Å². The Morgan fingerprint density at radius 2 is 2.15 bits per heavy atom. The van der Waals surface area contributed by atoms with E-state index in [1.165, 1.54) is 15.9 Å². The fourth-order valence-corrected chi connectivity index (χ4v) is 3.34. The largest absolute Gasteiger partial charge is 0.388 e. The fourth-order valence-electron chi connectivity index (χ4n) is 2.56. The first-order valence-electron chi connectivity index (χ1n) is 6.65. The van der Waals surface area contributed by atoms with Crippen LogP contribution in [-0.2, 0) is 11.3 Å². The van der Waals surface area contributed by atoms with E-state index in [1.54, 1.807) is 12.3 Å². The molecule has 1 atom stereocenters. The van der Waals surface area contributed by atoms with Gasteiger partial charge in [0.2, 0.25) is 0 Å². The average Bonchev–Trinajstić information content (AvgIpc) is 2.92. The summed E-state index contributed by atoms with van der Waals surface area (Å²) < 4.78 is 7.60. The molecule has 1 saturated heterocycles. The van der Waals surface area contributed by atoms with Crippen LogP contribution in [0.2, 0.25) is 0 Å². The second-order valence-electron chi connectivity index (χ2n) is 5.20. The number of pyridine rings is 1. The van der Waals surface area contributed by atoms with Gasteiger partial charge in [0.15, 0.2) is 0 Å². The van der Waals surface area contributed by atoms with Crippen molar-refractivity contribution in [3.05, 3.63) is 34.1 Å². The highest BCUT2D eigenvalue weighted by molar-refractivity contribution is 7.17. The van der Waals surface area contributed by atoms with Crippen LogP contribution < -0.4 is 5.56 Å². The molecule has 2 N–H and O–H groups in total. The Kier molecular flexibility index (Phi) is 3.64. The maximum Gasteiger partial charge on any atom is 0.259 e. The quantitative estimate of drug-likeness (QED) is 0.885. The van der Waals surface area contributed by atoms with Gasteiger partial charge in [-0.15, -0.1) is 11.3 Å². The summed E-state index contributed by atoms with van der Waals surface area (Å²) in [7, 11) is 0. The van der Waals surface area contributed by atoms with E-state index < -0.39 is 11.7 Å². The lowest BCUT2D eigenvalue weighted by Gasteiger charge is -2.36. The Labute approximate surface area is 120 Å². The van der Waals surface area contributed by atoms with E-state index in [1.807, 2.05) is 11.4 Å². The third kappa shape index (κ3) is 2.40. The number of nitrogens with zero attached hydrogens (tertiary/aromatic N) is 1. The first-order chi connectivity index (χ1) is 9.60. The second kappa shape index (κ2) is 5.29. The highest BCUT2D eigenvalue weighted by Crippen LogP contribution is 2.25. The minimum Gasteiger partial charge on any atom is -0.388 e. The number of aromatic nitrogens is 1. The molecule has 1 aliphatic rings. The molecule has 5 nitrogen and oxygen atoms in total. The minimum absolute atomic E-state index is 0.0983. The van der Waals surface area contributed by atoms with Gasteiger partial charge in [0.05, 0.1) is 17.5 Å². The van der Waals surface area contributed by atoms with Crippen LogP contribution in [0.5, 0.6) is 0 Å². The normalized spacial score (nSPS) is 20.1. The van der Waals surface area contributed by atoms with Crippen LogP contribution in [0.3, 0.4) is 0 Å². The zero-order valence-corrected chi connectivity index (χ0v) is 11.8. The van der Waals surface area contributed by atoms with Crippen LogP contribution in [0, 0.1) is 0 Å². The maximum atomic E-state index is 12.3. The van der Waals surface area contributed by atoms with Crippen molar-refractivity contribution < 1.29 is 14.9 Å². The molecule has 0 radical (unpaired) electrons. The van der Waals surface area contributed by atoms with E-state index in [-0.39, 0.29) is 12.1 Å². The van der Waals surface area contributed by atoms with E-state index in [0.29, 0.717) is 31.4 Å². The zero-order chi connectivity index (χ0) is 14.2. The number of fused-ring (bicyclic) bond motifs is 1. The lowest BCUT2D eigenvalue weighted by molar-refractivity contribution is -0.136.